The summed E-state index contributed by atoms with van der Waals surface area (Å²) in [4.78, 5) is 12.0. The zero-order chi connectivity index (χ0) is 20.2. The predicted molar refractivity (Wildman–Crippen MR) is 122 cm³/mol. The Balaban J connectivity index is 1.86. The largest absolute Gasteiger partial charge is 0.300 e. The summed E-state index contributed by atoms with van der Waals surface area (Å²) < 4.78 is 0. The number of carbonyl (C=O) groups is 1. The Morgan fingerprint density at radius 3 is 2.46 bits per heavy atom. The van der Waals surface area contributed by atoms with Crippen molar-refractivity contribution in [1.82, 2.24) is 0 Å². The molecule has 0 aliphatic heterocycles. The van der Waals surface area contributed by atoms with E-state index in [0.717, 1.165) is 31.6 Å². The van der Waals surface area contributed by atoms with Crippen LogP contribution in [0.1, 0.15) is 103 Å². The van der Waals surface area contributed by atoms with E-state index < -0.39 is 0 Å². The van der Waals surface area contributed by atoms with Gasteiger partial charge in [-0.2, -0.15) is 0 Å². The lowest BCUT2D eigenvalue weighted by atomic mass is 9.75. The van der Waals surface area contributed by atoms with Crippen LogP contribution in [0.4, 0.5) is 0 Å². The summed E-state index contributed by atoms with van der Waals surface area (Å²) in [5, 5.41) is 0. The van der Waals surface area contributed by atoms with Gasteiger partial charge in [-0.1, -0.05) is 102 Å². The minimum Gasteiger partial charge on any atom is -0.300 e. The first-order chi connectivity index (χ1) is 13.6. The van der Waals surface area contributed by atoms with Crippen LogP contribution >= 0.6 is 0 Å². The lowest BCUT2D eigenvalue weighted by Gasteiger charge is -2.28. The third-order valence-corrected chi connectivity index (χ3v) is 6.59. The van der Waals surface area contributed by atoms with E-state index in [2.05, 4.69) is 57.2 Å². The van der Waals surface area contributed by atoms with Gasteiger partial charge in [-0.15, -0.1) is 0 Å². The van der Waals surface area contributed by atoms with Gasteiger partial charge in [-0.05, 0) is 48.1 Å². The summed E-state index contributed by atoms with van der Waals surface area (Å²) in [5.74, 6) is 2.34. The molecule has 2 rings (SSSR count). The van der Waals surface area contributed by atoms with Crippen LogP contribution in [0.15, 0.2) is 30.3 Å². The van der Waals surface area contributed by atoms with E-state index in [1.54, 1.807) is 0 Å². The lowest BCUT2D eigenvalue weighted by Crippen LogP contribution is -2.23. The minimum absolute atomic E-state index is 0.441. The number of hydrogen-bond donors (Lipinski definition) is 0. The highest BCUT2D eigenvalue weighted by molar-refractivity contribution is 5.79. The lowest BCUT2D eigenvalue weighted by molar-refractivity contribution is -0.122. The second-order valence-electron chi connectivity index (χ2n) is 9.08. The average molecular weight is 383 g/mol. The van der Waals surface area contributed by atoms with Gasteiger partial charge < -0.3 is 0 Å². The fourth-order valence-electron chi connectivity index (χ4n) is 4.41. The van der Waals surface area contributed by atoms with Gasteiger partial charge in [-0.25, -0.2) is 0 Å². The highest BCUT2D eigenvalue weighted by Crippen LogP contribution is 2.33. The Kier molecular flexibility index (Phi) is 10.6. The molecule has 156 valence electrons. The third-order valence-electron chi connectivity index (χ3n) is 6.59. The van der Waals surface area contributed by atoms with E-state index in [0.29, 0.717) is 17.6 Å². The van der Waals surface area contributed by atoms with Crippen molar-refractivity contribution < 1.29 is 4.79 Å². The van der Waals surface area contributed by atoms with E-state index in [1.165, 1.54) is 62.5 Å². The van der Waals surface area contributed by atoms with Gasteiger partial charge in [0, 0.05) is 12.8 Å². The van der Waals surface area contributed by atoms with Crippen molar-refractivity contribution in [2.45, 2.75) is 97.8 Å². The molecular weight excluding hydrogens is 340 g/mol. The van der Waals surface area contributed by atoms with Crippen molar-refractivity contribution in [2.75, 3.05) is 0 Å². The normalized spacial score (nSPS) is 21.3. The van der Waals surface area contributed by atoms with Gasteiger partial charge in [-0.3, -0.25) is 4.79 Å². The number of ketones is 1. The standard InChI is InChI=1S/C27H42O/c1-4-6-7-8-9-10-11-25-18-19-27(28)21-26(25)17-16-23-12-14-24(15-13-23)20-22(3)5-2/h12-17,22,25-26H,4-11,18-21H2,1-3H3. The molecule has 0 bridgehead atoms. The molecule has 28 heavy (non-hydrogen) atoms. The first kappa shape index (κ1) is 22.9. The first-order valence-corrected chi connectivity index (χ1v) is 11.9. The molecule has 1 heteroatoms. The minimum atomic E-state index is 0.441. The molecule has 1 saturated carbocycles. The van der Waals surface area contributed by atoms with Crippen molar-refractivity contribution >= 4 is 11.9 Å². The van der Waals surface area contributed by atoms with Gasteiger partial charge in [0.1, 0.15) is 5.78 Å². The maximum atomic E-state index is 12.0. The average Bonchev–Trinajstić information content (AvgIpc) is 2.71. The number of benzene rings is 1. The van der Waals surface area contributed by atoms with Crippen LogP contribution in [-0.4, -0.2) is 5.78 Å². The third kappa shape index (κ3) is 8.33. The number of hydrogen-bond acceptors (Lipinski definition) is 1. The van der Waals surface area contributed by atoms with Crippen LogP contribution in [0, 0.1) is 17.8 Å². The number of rotatable bonds is 12. The fraction of sp³-hybridized carbons (Fsp3) is 0.667. The summed E-state index contributed by atoms with van der Waals surface area (Å²) in [5.41, 5.74) is 2.70. The maximum Gasteiger partial charge on any atom is 0.133 e. The monoisotopic (exact) mass is 382 g/mol. The van der Waals surface area contributed by atoms with Gasteiger partial charge in [0.05, 0.1) is 0 Å². The second-order valence-corrected chi connectivity index (χ2v) is 9.08. The molecule has 3 unspecified atom stereocenters. The molecule has 1 aromatic rings. The van der Waals surface area contributed by atoms with Crippen LogP contribution < -0.4 is 0 Å². The summed E-state index contributed by atoms with van der Waals surface area (Å²) in [6.45, 7) is 6.85. The summed E-state index contributed by atoms with van der Waals surface area (Å²) >= 11 is 0. The Labute approximate surface area is 174 Å². The molecule has 1 fully saturated rings. The fourth-order valence-corrected chi connectivity index (χ4v) is 4.41. The summed E-state index contributed by atoms with van der Waals surface area (Å²) in [6.07, 6.45) is 19.1. The highest BCUT2D eigenvalue weighted by atomic mass is 16.1. The van der Waals surface area contributed by atoms with Crippen molar-refractivity contribution in [3.63, 3.8) is 0 Å². The molecule has 1 aromatic carbocycles. The van der Waals surface area contributed by atoms with Gasteiger partial charge in [0.2, 0.25) is 0 Å². The predicted octanol–water partition coefficient (Wildman–Crippen LogP) is 8.02. The van der Waals surface area contributed by atoms with Crippen molar-refractivity contribution in [2.24, 2.45) is 17.8 Å². The Bertz CT molecular complexity index is 583. The second kappa shape index (κ2) is 13.0. The van der Waals surface area contributed by atoms with Crippen LogP contribution in [0.25, 0.3) is 6.08 Å². The molecule has 3 atom stereocenters. The Hall–Kier alpha value is -1.37. The van der Waals surface area contributed by atoms with Crippen molar-refractivity contribution in [1.29, 1.82) is 0 Å². The van der Waals surface area contributed by atoms with E-state index >= 15 is 0 Å². The number of allylic oxidation sites excluding steroid dienone is 1. The van der Waals surface area contributed by atoms with Gasteiger partial charge in [0.15, 0.2) is 0 Å². The Morgan fingerprint density at radius 1 is 1.04 bits per heavy atom. The van der Waals surface area contributed by atoms with E-state index in [9.17, 15) is 4.79 Å². The molecule has 1 aliphatic rings. The topological polar surface area (TPSA) is 17.1 Å². The van der Waals surface area contributed by atoms with Crippen LogP contribution in [0.2, 0.25) is 0 Å². The molecule has 0 radical (unpaired) electrons. The molecule has 0 aromatic heterocycles. The van der Waals surface area contributed by atoms with Gasteiger partial charge >= 0.3 is 0 Å². The number of Topliss-reactive ketones (excluding diaryl/α,β-unsaturated/α-hetero) is 1. The molecule has 0 heterocycles. The van der Waals surface area contributed by atoms with Gasteiger partial charge in [0.25, 0.3) is 0 Å². The Morgan fingerprint density at radius 2 is 1.75 bits per heavy atom. The van der Waals surface area contributed by atoms with E-state index in [-0.39, 0.29) is 0 Å². The zero-order valence-electron chi connectivity index (χ0n) is 18.6. The molecule has 0 amide bonds. The van der Waals surface area contributed by atoms with Crippen molar-refractivity contribution in [3.05, 3.63) is 41.5 Å². The first-order valence-electron chi connectivity index (χ1n) is 11.9. The molecule has 0 N–H and O–H groups in total. The summed E-state index contributed by atoms with van der Waals surface area (Å²) in [6, 6.07) is 9.01. The molecule has 1 aliphatic carbocycles. The van der Waals surface area contributed by atoms with Crippen LogP contribution in [0.3, 0.4) is 0 Å². The van der Waals surface area contributed by atoms with E-state index in [4.69, 9.17) is 0 Å². The van der Waals surface area contributed by atoms with Crippen LogP contribution in [-0.2, 0) is 11.2 Å². The van der Waals surface area contributed by atoms with Crippen molar-refractivity contribution in [3.8, 4) is 0 Å². The number of unbranched alkanes of at least 4 members (excludes halogenated alkanes) is 5. The smallest absolute Gasteiger partial charge is 0.133 e. The highest BCUT2D eigenvalue weighted by Gasteiger charge is 2.26. The zero-order valence-corrected chi connectivity index (χ0v) is 18.6. The number of carbonyl (C=O) groups excluding carboxylic acids is 1. The van der Waals surface area contributed by atoms with Crippen LogP contribution in [0.5, 0.6) is 0 Å². The van der Waals surface area contributed by atoms with E-state index in [1.807, 2.05) is 0 Å². The molecule has 1 nitrogen and oxygen atoms in total. The SMILES string of the molecule is CCCCCCCCC1CCC(=O)CC1C=Cc1ccc(CC(C)CC)cc1. The molecule has 0 spiro atoms. The molecule has 0 saturated heterocycles. The summed E-state index contributed by atoms with van der Waals surface area (Å²) in [7, 11) is 0. The molecular formula is C27H42O. The maximum absolute atomic E-state index is 12.0. The quantitative estimate of drug-likeness (QED) is 0.334.